The normalized spacial score (nSPS) is 13.7. The fourth-order valence-electron chi connectivity index (χ4n) is 0.362. The summed E-state index contributed by atoms with van der Waals surface area (Å²) >= 11 is 0. The minimum atomic E-state index is -6.66. The van der Waals surface area contributed by atoms with E-state index in [1.165, 1.54) is 0 Å². The average Bonchev–Trinajstić information content (AvgIpc) is 2.12. The van der Waals surface area contributed by atoms with E-state index in [2.05, 4.69) is 8.37 Å². The molecular weight excluding hydrogens is 354 g/mol. The largest absolute Gasteiger partial charge is 0.534 e. The van der Waals surface area contributed by atoms with Gasteiger partial charge in [-0.1, -0.05) is 0 Å². The highest BCUT2D eigenvalue weighted by Gasteiger charge is 2.53. The third-order valence-corrected chi connectivity index (χ3v) is 2.98. The van der Waals surface area contributed by atoms with Crippen LogP contribution < -0.4 is 0 Å². The third kappa shape index (κ3) is 4.22. The van der Waals surface area contributed by atoms with Crippen LogP contribution in [0.3, 0.4) is 0 Å². The lowest BCUT2D eigenvalue weighted by molar-refractivity contribution is -0.157. The predicted molar refractivity (Wildman–Crippen MR) is 42.1 cm³/mol. The molecule has 8 nitrogen and oxygen atoms in total. The van der Waals surface area contributed by atoms with Gasteiger partial charge in [-0.15, -0.1) is 0 Å². The molecular formula is C4F6O8S2. The van der Waals surface area contributed by atoms with Crippen LogP contribution in [0.4, 0.5) is 26.3 Å². The highest BCUT2D eigenvalue weighted by atomic mass is 32.2. The Balaban J connectivity index is 5.08. The van der Waals surface area contributed by atoms with Crippen LogP contribution in [0, 0.1) is 0 Å². The average molecular weight is 354 g/mol. The van der Waals surface area contributed by atoms with Crippen LogP contribution in [0.1, 0.15) is 0 Å². The lowest BCUT2D eigenvalue weighted by atomic mass is 10.7. The van der Waals surface area contributed by atoms with Crippen LogP contribution in [0.25, 0.3) is 0 Å². The maximum atomic E-state index is 11.7. The van der Waals surface area contributed by atoms with Crippen molar-refractivity contribution in [2.24, 2.45) is 0 Å². The van der Waals surface area contributed by atoms with Gasteiger partial charge in [-0.25, -0.2) is 9.59 Å². The van der Waals surface area contributed by atoms with Gasteiger partial charge in [-0.05, 0) is 0 Å². The number of halogens is 6. The predicted octanol–water partition coefficient (Wildman–Crippen LogP) is -0.228. The molecule has 0 spiro atoms. The third-order valence-electron chi connectivity index (χ3n) is 1.10. The van der Waals surface area contributed by atoms with Crippen LogP contribution in [-0.4, -0.2) is 39.8 Å². The van der Waals surface area contributed by atoms with E-state index < -0.39 is 43.2 Å². The van der Waals surface area contributed by atoms with Crippen molar-refractivity contribution in [3.05, 3.63) is 0 Å². The second-order valence-corrected chi connectivity index (χ2v) is 5.62. The van der Waals surface area contributed by atoms with E-state index in [1.54, 1.807) is 0 Å². The molecule has 0 heterocycles. The summed E-state index contributed by atoms with van der Waals surface area (Å²) in [5.41, 5.74) is -12.3. The van der Waals surface area contributed by atoms with Gasteiger partial charge in [0.05, 0.1) is 0 Å². The molecule has 0 amide bonds. The van der Waals surface area contributed by atoms with Crippen molar-refractivity contribution >= 4 is 32.2 Å². The van der Waals surface area contributed by atoms with Crippen LogP contribution in [0.2, 0.25) is 0 Å². The van der Waals surface area contributed by atoms with E-state index in [-0.39, 0.29) is 0 Å². The standard InChI is InChI=1S/C4F6O8S2/c5-3(6,7)19(13,14)17-1(11)2(12)18-20(15,16)4(8,9)10. The van der Waals surface area contributed by atoms with E-state index in [1.807, 2.05) is 0 Å². The van der Waals surface area contributed by atoms with Gasteiger partial charge in [0, 0.05) is 0 Å². The van der Waals surface area contributed by atoms with Crippen molar-refractivity contribution in [3.63, 3.8) is 0 Å². The Bertz CT molecular complexity index is 552. The molecule has 0 radical (unpaired) electrons. The fraction of sp³-hybridized carbons (Fsp3) is 0.500. The molecule has 0 aliphatic heterocycles. The summed E-state index contributed by atoms with van der Waals surface area (Å²) in [5.74, 6) is -6.26. The molecule has 0 unspecified atom stereocenters. The Morgan fingerprint density at radius 2 is 0.850 bits per heavy atom. The number of hydrogen-bond acceptors (Lipinski definition) is 8. The highest BCUT2D eigenvalue weighted by Crippen LogP contribution is 2.26. The van der Waals surface area contributed by atoms with Gasteiger partial charge in [0.1, 0.15) is 0 Å². The summed E-state index contributed by atoms with van der Waals surface area (Å²) in [5, 5.41) is 0. The summed E-state index contributed by atoms with van der Waals surface area (Å²) in [6.07, 6.45) is 0. The number of alkyl halides is 6. The van der Waals surface area contributed by atoms with Gasteiger partial charge in [-0.3, -0.25) is 0 Å². The highest BCUT2D eigenvalue weighted by molar-refractivity contribution is 7.88. The van der Waals surface area contributed by atoms with Gasteiger partial charge in [-0.2, -0.15) is 43.2 Å². The van der Waals surface area contributed by atoms with Gasteiger partial charge in [0.15, 0.2) is 0 Å². The zero-order valence-corrected chi connectivity index (χ0v) is 9.98. The van der Waals surface area contributed by atoms with Gasteiger partial charge in [0.2, 0.25) is 0 Å². The molecule has 0 atom stereocenters. The van der Waals surface area contributed by atoms with E-state index in [0.717, 1.165) is 0 Å². The molecule has 0 bridgehead atoms. The van der Waals surface area contributed by atoms with Gasteiger partial charge in [0.25, 0.3) is 0 Å². The maximum absolute atomic E-state index is 11.7. The Kier molecular flexibility index (Phi) is 4.67. The summed E-state index contributed by atoms with van der Waals surface area (Å²) < 4.78 is 116. The Hall–Kier alpha value is -1.58. The molecule has 16 heteroatoms. The number of rotatable bonds is 2. The molecule has 0 rings (SSSR count). The lowest BCUT2D eigenvalue weighted by Crippen LogP contribution is -2.35. The Morgan fingerprint density at radius 1 is 0.650 bits per heavy atom. The quantitative estimate of drug-likeness (QED) is 0.289. The number of carbonyl (C=O) groups is 2. The van der Waals surface area contributed by atoms with Crippen LogP contribution in [0.5, 0.6) is 0 Å². The van der Waals surface area contributed by atoms with Crippen molar-refractivity contribution in [3.8, 4) is 0 Å². The molecule has 0 aliphatic carbocycles. The minimum absolute atomic E-state index is 2.52. The topological polar surface area (TPSA) is 121 Å². The molecule has 0 fully saturated rings. The molecule has 0 saturated heterocycles. The van der Waals surface area contributed by atoms with E-state index in [4.69, 9.17) is 0 Å². The number of hydrogen-bond donors (Lipinski definition) is 0. The van der Waals surface area contributed by atoms with Crippen LogP contribution >= 0.6 is 0 Å². The van der Waals surface area contributed by atoms with E-state index in [0.29, 0.717) is 0 Å². The van der Waals surface area contributed by atoms with E-state index >= 15 is 0 Å². The van der Waals surface area contributed by atoms with Crippen molar-refractivity contribution in [2.45, 2.75) is 11.0 Å². The first-order valence-corrected chi connectivity index (χ1v) is 6.43. The molecule has 0 aromatic carbocycles. The zero-order valence-electron chi connectivity index (χ0n) is 8.35. The van der Waals surface area contributed by atoms with E-state index in [9.17, 15) is 52.8 Å². The molecule has 0 aliphatic rings. The molecule has 0 aromatic rings. The van der Waals surface area contributed by atoms with Crippen LogP contribution in [-0.2, 0) is 38.2 Å². The Morgan fingerprint density at radius 3 is 1.00 bits per heavy atom. The molecule has 118 valence electrons. The van der Waals surface area contributed by atoms with Crippen molar-refractivity contribution in [1.29, 1.82) is 0 Å². The summed E-state index contributed by atoms with van der Waals surface area (Å²) in [7, 11) is -13.3. The second-order valence-electron chi connectivity index (χ2n) is 2.54. The SMILES string of the molecule is O=C(OS(=O)(=O)C(F)(F)F)C(=O)OS(=O)(=O)C(F)(F)F. The minimum Gasteiger partial charge on any atom is -0.330 e. The monoisotopic (exact) mass is 354 g/mol. The van der Waals surface area contributed by atoms with Crippen molar-refractivity contribution in [1.82, 2.24) is 0 Å². The zero-order chi connectivity index (χ0) is 16.6. The summed E-state index contributed by atoms with van der Waals surface area (Å²) in [6.45, 7) is 0. The summed E-state index contributed by atoms with van der Waals surface area (Å²) in [4.78, 5) is 20.8. The van der Waals surface area contributed by atoms with Gasteiger partial charge >= 0.3 is 43.2 Å². The van der Waals surface area contributed by atoms with Crippen LogP contribution in [0.15, 0.2) is 0 Å². The first-order valence-electron chi connectivity index (χ1n) is 3.61. The van der Waals surface area contributed by atoms with Crippen molar-refractivity contribution in [2.75, 3.05) is 0 Å². The van der Waals surface area contributed by atoms with Crippen molar-refractivity contribution < 1.29 is 61.1 Å². The second kappa shape index (κ2) is 5.08. The molecule has 0 saturated carbocycles. The summed E-state index contributed by atoms with van der Waals surface area (Å²) in [6, 6.07) is 0. The molecule has 0 aromatic heterocycles. The fourth-order valence-corrected chi connectivity index (χ4v) is 1.09. The first-order chi connectivity index (χ1) is 8.51. The maximum Gasteiger partial charge on any atom is 0.534 e. The smallest absolute Gasteiger partial charge is 0.330 e. The lowest BCUT2D eigenvalue weighted by Gasteiger charge is -2.09. The number of carbonyl (C=O) groups excluding carboxylic acids is 2. The van der Waals surface area contributed by atoms with Gasteiger partial charge < -0.3 is 8.37 Å². The molecule has 20 heavy (non-hydrogen) atoms. The molecule has 0 N–H and O–H groups in total. The Labute approximate surface area is 105 Å². The first kappa shape index (κ1) is 18.4.